The molecule has 0 spiro atoms. The summed E-state index contributed by atoms with van der Waals surface area (Å²) < 4.78 is 1.67. The van der Waals surface area contributed by atoms with Crippen LogP contribution in [0.1, 0.15) is 0 Å². The third-order valence-corrected chi connectivity index (χ3v) is 2.14. The first-order valence-electron chi connectivity index (χ1n) is 4.09. The smallest absolute Gasteiger partial charge is 0.224 e. The normalized spacial score (nSPS) is 10.3. The van der Waals surface area contributed by atoms with Gasteiger partial charge in [0.25, 0.3) is 0 Å². The van der Waals surface area contributed by atoms with Crippen molar-refractivity contribution in [3.05, 3.63) is 28.9 Å². The summed E-state index contributed by atoms with van der Waals surface area (Å²) in [4.78, 5) is 7.70. The van der Waals surface area contributed by atoms with Crippen LogP contribution in [0.5, 0.6) is 0 Å². The molecule has 2 aromatic heterocycles. The van der Waals surface area contributed by atoms with Gasteiger partial charge >= 0.3 is 0 Å². The van der Waals surface area contributed by atoms with Crippen molar-refractivity contribution < 1.29 is 0 Å². The lowest BCUT2D eigenvalue weighted by Crippen LogP contribution is -1.95. The molecule has 0 saturated carbocycles. The first-order valence-corrected chi connectivity index (χ1v) is 4.84. The molecular weight excluding hydrogens is 237 g/mol. The first-order chi connectivity index (χ1) is 7.15. The van der Waals surface area contributed by atoms with Crippen molar-refractivity contribution in [2.75, 3.05) is 5.32 Å². The highest BCUT2D eigenvalue weighted by molar-refractivity contribution is 6.33. The predicted octanol–water partition coefficient (Wildman–Crippen LogP) is 2.26. The highest BCUT2D eigenvalue weighted by Gasteiger charge is 2.05. The number of nitrogens with one attached hydrogen (secondary N) is 1. The zero-order valence-corrected chi connectivity index (χ0v) is 9.29. The van der Waals surface area contributed by atoms with Gasteiger partial charge in [-0.2, -0.15) is 10.1 Å². The van der Waals surface area contributed by atoms with Gasteiger partial charge in [0.1, 0.15) is 5.02 Å². The predicted molar refractivity (Wildman–Crippen MR) is 58.5 cm³/mol. The van der Waals surface area contributed by atoms with Crippen LogP contribution in [0.4, 0.5) is 11.5 Å². The van der Waals surface area contributed by atoms with Gasteiger partial charge in [-0.3, -0.25) is 4.68 Å². The third-order valence-electron chi connectivity index (χ3n) is 1.68. The van der Waals surface area contributed by atoms with Crippen molar-refractivity contribution in [3.63, 3.8) is 0 Å². The second-order valence-electron chi connectivity index (χ2n) is 2.86. The van der Waals surface area contributed by atoms with Gasteiger partial charge in [-0.15, -0.1) is 0 Å². The van der Waals surface area contributed by atoms with Crippen molar-refractivity contribution in [2.45, 2.75) is 0 Å². The second kappa shape index (κ2) is 4.04. The minimum absolute atomic E-state index is 0.144. The largest absolute Gasteiger partial charge is 0.336 e. The van der Waals surface area contributed by atoms with Crippen LogP contribution < -0.4 is 5.32 Å². The zero-order chi connectivity index (χ0) is 10.8. The monoisotopic (exact) mass is 243 g/mol. The molecule has 0 unspecified atom stereocenters. The average molecular weight is 244 g/mol. The van der Waals surface area contributed by atoms with E-state index in [2.05, 4.69) is 20.4 Å². The second-order valence-corrected chi connectivity index (χ2v) is 3.61. The molecule has 0 fully saturated rings. The lowest BCUT2D eigenvalue weighted by Gasteiger charge is -2.03. The summed E-state index contributed by atoms with van der Waals surface area (Å²) in [5.74, 6) is 0.463. The summed E-state index contributed by atoms with van der Waals surface area (Å²) in [5, 5.41) is 7.53. The maximum absolute atomic E-state index is 5.88. The Kier molecular flexibility index (Phi) is 2.75. The van der Waals surface area contributed by atoms with E-state index in [-0.39, 0.29) is 5.28 Å². The number of rotatable bonds is 2. The molecule has 7 heteroatoms. The van der Waals surface area contributed by atoms with Gasteiger partial charge in [0.2, 0.25) is 5.28 Å². The van der Waals surface area contributed by atoms with Crippen molar-refractivity contribution in [3.8, 4) is 0 Å². The molecule has 78 valence electrons. The van der Waals surface area contributed by atoms with E-state index < -0.39 is 0 Å². The molecule has 2 aromatic rings. The van der Waals surface area contributed by atoms with Crippen molar-refractivity contribution >= 4 is 34.7 Å². The molecule has 0 aliphatic rings. The lowest BCUT2D eigenvalue weighted by atomic mass is 10.5. The van der Waals surface area contributed by atoms with Crippen molar-refractivity contribution in [1.29, 1.82) is 0 Å². The highest BCUT2D eigenvalue weighted by Crippen LogP contribution is 2.22. The van der Waals surface area contributed by atoms with Gasteiger partial charge in [-0.25, -0.2) is 4.98 Å². The van der Waals surface area contributed by atoms with Crippen LogP contribution in [-0.4, -0.2) is 19.7 Å². The molecule has 15 heavy (non-hydrogen) atoms. The summed E-state index contributed by atoms with van der Waals surface area (Å²) in [6, 6.07) is 0. The lowest BCUT2D eigenvalue weighted by molar-refractivity contribution is 0.768. The van der Waals surface area contributed by atoms with Crippen LogP contribution in [-0.2, 0) is 7.05 Å². The molecular formula is C8H7Cl2N5. The molecule has 0 atom stereocenters. The minimum atomic E-state index is 0.144. The van der Waals surface area contributed by atoms with Crippen LogP contribution in [0, 0.1) is 0 Å². The topological polar surface area (TPSA) is 55.6 Å². The Labute approximate surface area is 96.1 Å². The minimum Gasteiger partial charge on any atom is -0.336 e. The van der Waals surface area contributed by atoms with E-state index in [0.717, 1.165) is 5.69 Å². The Bertz CT molecular complexity index is 482. The standard InChI is InChI=1S/C8H7Cl2N5/c1-15-4-5(2-12-15)13-7-6(9)3-11-8(10)14-7/h2-4H,1H3,(H,11,13,14). The highest BCUT2D eigenvalue weighted by atomic mass is 35.5. The molecule has 0 radical (unpaired) electrons. The third kappa shape index (κ3) is 2.37. The molecule has 0 bridgehead atoms. The number of hydrogen-bond acceptors (Lipinski definition) is 4. The van der Waals surface area contributed by atoms with E-state index >= 15 is 0 Å². The number of aromatic nitrogens is 4. The number of nitrogens with zero attached hydrogens (tertiary/aromatic N) is 4. The molecule has 0 aromatic carbocycles. The fourth-order valence-electron chi connectivity index (χ4n) is 1.06. The van der Waals surface area contributed by atoms with Gasteiger partial charge in [-0.1, -0.05) is 11.6 Å². The molecule has 0 saturated heterocycles. The average Bonchev–Trinajstić information content (AvgIpc) is 2.58. The number of anilines is 2. The molecule has 1 N–H and O–H groups in total. The van der Waals surface area contributed by atoms with Gasteiger partial charge in [0.05, 0.1) is 18.1 Å². The van der Waals surface area contributed by atoms with Crippen molar-refractivity contribution in [2.24, 2.45) is 7.05 Å². The number of hydrogen-bond donors (Lipinski definition) is 1. The maximum Gasteiger partial charge on any atom is 0.224 e. The van der Waals surface area contributed by atoms with E-state index in [0.29, 0.717) is 10.8 Å². The zero-order valence-electron chi connectivity index (χ0n) is 7.78. The summed E-state index contributed by atoms with van der Waals surface area (Å²) in [5.41, 5.74) is 0.786. The summed E-state index contributed by atoms with van der Waals surface area (Å²) in [7, 11) is 1.82. The molecule has 0 aliphatic carbocycles. The molecule has 0 aliphatic heterocycles. The molecule has 2 heterocycles. The Morgan fingerprint density at radius 2 is 2.13 bits per heavy atom. The fraction of sp³-hybridized carbons (Fsp3) is 0.125. The van der Waals surface area contributed by atoms with Crippen LogP contribution in [0.25, 0.3) is 0 Å². The van der Waals surface area contributed by atoms with Gasteiger partial charge in [0.15, 0.2) is 5.82 Å². The summed E-state index contributed by atoms with van der Waals surface area (Å²) in [6.45, 7) is 0. The van der Waals surface area contributed by atoms with E-state index in [1.54, 1.807) is 17.1 Å². The Hall–Kier alpha value is -1.33. The van der Waals surface area contributed by atoms with E-state index in [1.165, 1.54) is 6.20 Å². The van der Waals surface area contributed by atoms with Gasteiger partial charge in [0, 0.05) is 13.2 Å². The molecule has 0 amide bonds. The Balaban J connectivity index is 2.27. The number of aryl methyl sites for hydroxylation is 1. The fourth-order valence-corrected chi connectivity index (χ4v) is 1.33. The SMILES string of the molecule is Cn1cc(Nc2nc(Cl)ncc2Cl)cn1. The summed E-state index contributed by atoms with van der Waals surface area (Å²) >= 11 is 11.5. The Morgan fingerprint density at radius 1 is 1.33 bits per heavy atom. The first kappa shape index (κ1) is 10.2. The van der Waals surface area contributed by atoms with Gasteiger partial charge in [-0.05, 0) is 11.6 Å². The maximum atomic E-state index is 5.88. The number of halogens is 2. The van der Waals surface area contributed by atoms with Crippen LogP contribution in [0.2, 0.25) is 10.3 Å². The van der Waals surface area contributed by atoms with Crippen molar-refractivity contribution in [1.82, 2.24) is 19.7 Å². The van der Waals surface area contributed by atoms with Gasteiger partial charge < -0.3 is 5.32 Å². The summed E-state index contributed by atoms with van der Waals surface area (Å²) in [6.07, 6.45) is 4.90. The van der Waals surface area contributed by atoms with E-state index in [4.69, 9.17) is 23.2 Å². The molecule has 2 rings (SSSR count). The van der Waals surface area contributed by atoms with E-state index in [9.17, 15) is 0 Å². The molecule has 5 nitrogen and oxygen atoms in total. The van der Waals surface area contributed by atoms with Crippen LogP contribution in [0.15, 0.2) is 18.6 Å². The van der Waals surface area contributed by atoms with Crippen LogP contribution >= 0.6 is 23.2 Å². The van der Waals surface area contributed by atoms with Crippen LogP contribution in [0.3, 0.4) is 0 Å². The Morgan fingerprint density at radius 3 is 2.80 bits per heavy atom. The van der Waals surface area contributed by atoms with E-state index in [1.807, 2.05) is 7.05 Å². The quantitative estimate of drug-likeness (QED) is 0.823.